The smallest absolute Gasteiger partial charge is 0.326 e. The van der Waals surface area contributed by atoms with Crippen molar-refractivity contribution in [2.75, 3.05) is 19.8 Å². The number of aliphatic carboxylic acids is 1. The van der Waals surface area contributed by atoms with Crippen LogP contribution < -0.4 is 16.4 Å². The highest BCUT2D eigenvalue weighted by Crippen LogP contribution is 2.28. The summed E-state index contributed by atoms with van der Waals surface area (Å²) in [6, 6.07) is -1.93. The van der Waals surface area contributed by atoms with Gasteiger partial charge < -0.3 is 26.2 Å². The molecule has 0 aromatic heterocycles. The van der Waals surface area contributed by atoms with E-state index in [0.29, 0.717) is 19.8 Å². The molecule has 5 N–H and O–H groups in total. The number of primary amides is 1. The molecule has 0 aliphatic carbocycles. The van der Waals surface area contributed by atoms with E-state index in [1.807, 2.05) is 6.92 Å². The van der Waals surface area contributed by atoms with E-state index < -0.39 is 30.4 Å². The lowest BCUT2D eigenvalue weighted by molar-refractivity contribution is -0.140. The fourth-order valence-corrected chi connectivity index (χ4v) is 1.95. The minimum Gasteiger partial charge on any atom is -0.480 e. The summed E-state index contributed by atoms with van der Waals surface area (Å²) in [6.45, 7) is 3.76. The van der Waals surface area contributed by atoms with Gasteiger partial charge in [-0.1, -0.05) is 6.92 Å². The van der Waals surface area contributed by atoms with Crippen molar-refractivity contribution in [1.29, 1.82) is 0 Å². The van der Waals surface area contributed by atoms with Gasteiger partial charge in [-0.15, -0.1) is 0 Å². The van der Waals surface area contributed by atoms with Gasteiger partial charge in [-0.05, 0) is 18.3 Å². The fourth-order valence-electron chi connectivity index (χ4n) is 1.95. The molecule has 1 atom stereocenters. The third kappa shape index (κ3) is 5.43. The zero-order valence-electron chi connectivity index (χ0n) is 11.5. The van der Waals surface area contributed by atoms with Gasteiger partial charge in [0.2, 0.25) is 5.91 Å². The van der Waals surface area contributed by atoms with Crippen LogP contribution in [0.3, 0.4) is 0 Å². The molecule has 1 rings (SSSR count). The number of urea groups is 1. The average Bonchev–Trinajstić information content (AvgIpc) is 2.36. The highest BCUT2D eigenvalue weighted by atomic mass is 16.5. The number of carboxylic acid groups (broad SMARTS) is 1. The van der Waals surface area contributed by atoms with Crippen molar-refractivity contribution in [2.45, 2.75) is 32.2 Å². The molecule has 1 aliphatic heterocycles. The number of hydrogen-bond donors (Lipinski definition) is 4. The molecule has 8 heteroatoms. The summed E-state index contributed by atoms with van der Waals surface area (Å²) in [5.74, 6) is -2.08. The van der Waals surface area contributed by atoms with Crippen LogP contribution in [0.4, 0.5) is 4.79 Å². The summed E-state index contributed by atoms with van der Waals surface area (Å²) in [5, 5.41) is 13.7. The minimum atomic E-state index is -1.31. The average molecular weight is 287 g/mol. The molecule has 8 nitrogen and oxygen atoms in total. The van der Waals surface area contributed by atoms with Crippen molar-refractivity contribution in [1.82, 2.24) is 10.6 Å². The zero-order chi connectivity index (χ0) is 15.2. The molecule has 114 valence electrons. The van der Waals surface area contributed by atoms with E-state index in [-0.39, 0.29) is 5.41 Å². The second-order valence-corrected chi connectivity index (χ2v) is 5.31. The van der Waals surface area contributed by atoms with Crippen molar-refractivity contribution >= 4 is 17.9 Å². The Hall–Kier alpha value is -1.83. The number of carbonyl (C=O) groups is 3. The molecule has 1 fully saturated rings. The highest BCUT2D eigenvalue weighted by Gasteiger charge is 2.28. The Bertz CT molecular complexity index is 379. The second kappa shape index (κ2) is 7.09. The van der Waals surface area contributed by atoms with Crippen LogP contribution >= 0.6 is 0 Å². The largest absolute Gasteiger partial charge is 0.480 e. The van der Waals surface area contributed by atoms with Crippen LogP contribution in [-0.4, -0.2) is 48.8 Å². The molecule has 1 saturated heterocycles. The van der Waals surface area contributed by atoms with Crippen LogP contribution in [-0.2, 0) is 14.3 Å². The summed E-state index contributed by atoms with van der Waals surface area (Å²) >= 11 is 0. The number of hydrogen-bond acceptors (Lipinski definition) is 4. The third-order valence-electron chi connectivity index (χ3n) is 3.38. The Morgan fingerprint density at radius 2 is 1.95 bits per heavy atom. The normalized spacial score (nSPS) is 18.9. The molecule has 0 aromatic carbocycles. The lowest BCUT2D eigenvalue weighted by Gasteiger charge is -2.33. The Balaban J connectivity index is 2.41. The lowest BCUT2D eigenvalue weighted by Crippen LogP contribution is -2.50. The van der Waals surface area contributed by atoms with E-state index in [1.165, 1.54) is 0 Å². The van der Waals surface area contributed by atoms with Crippen molar-refractivity contribution in [3.05, 3.63) is 0 Å². The van der Waals surface area contributed by atoms with Crippen molar-refractivity contribution < 1.29 is 24.2 Å². The lowest BCUT2D eigenvalue weighted by atomic mass is 9.82. The Labute approximate surface area is 117 Å². The predicted molar refractivity (Wildman–Crippen MR) is 69.9 cm³/mol. The zero-order valence-corrected chi connectivity index (χ0v) is 11.5. The van der Waals surface area contributed by atoms with Gasteiger partial charge in [-0.25, -0.2) is 9.59 Å². The predicted octanol–water partition coefficient (Wildman–Crippen LogP) is -0.569. The van der Waals surface area contributed by atoms with Crippen molar-refractivity contribution in [2.24, 2.45) is 11.1 Å². The van der Waals surface area contributed by atoms with Gasteiger partial charge in [-0.2, -0.15) is 0 Å². The van der Waals surface area contributed by atoms with Gasteiger partial charge in [0.25, 0.3) is 0 Å². The minimum absolute atomic E-state index is 0.0575. The number of nitrogens with one attached hydrogen (secondary N) is 2. The molecule has 1 unspecified atom stereocenters. The van der Waals surface area contributed by atoms with E-state index in [9.17, 15) is 14.4 Å². The molecule has 1 heterocycles. The van der Waals surface area contributed by atoms with Crippen molar-refractivity contribution in [3.8, 4) is 0 Å². The first-order valence-corrected chi connectivity index (χ1v) is 6.46. The molecular formula is C12H21N3O5. The van der Waals surface area contributed by atoms with Crippen LogP contribution in [0.5, 0.6) is 0 Å². The molecule has 3 amide bonds. The fraction of sp³-hybridized carbons (Fsp3) is 0.750. The molecule has 0 bridgehead atoms. The number of carbonyl (C=O) groups excluding carboxylic acids is 2. The number of rotatable bonds is 6. The van der Waals surface area contributed by atoms with E-state index in [0.717, 1.165) is 12.8 Å². The van der Waals surface area contributed by atoms with Crippen LogP contribution in [0.1, 0.15) is 26.2 Å². The van der Waals surface area contributed by atoms with Gasteiger partial charge in [0.1, 0.15) is 6.04 Å². The van der Waals surface area contributed by atoms with E-state index in [1.54, 1.807) is 0 Å². The van der Waals surface area contributed by atoms with Gasteiger partial charge in [0, 0.05) is 19.8 Å². The maximum absolute atomic E-state index is 11.7. The molecule has 0 radical (unpaired) electrons. The molecule has 0 aromatic rings. The first-order valence-electron chi connectivity index (χ1n) is 6.46. The monoisotopic (exact) mass is 287 g/mol. The van der Waals surface area contributed by atoms with Crippen LogP contribution in [0.15, 0.2) is 0 Å². The van der Waals surface area contributed by atoms with Gasteiger partial charge in [0.05, 0.1) is 6.42 Å². The summed E-state index contributed by atoms with van der Waals surface area (Å²) < 4.78 is 5.25. The molecule has 1 aliphatic rings. The molecular weight excluding hydrogens is 266 g/mol. The molecule has 0 saturated carbocycles. The maximum atomic E-state index is 11.7. The van der Waals surface area contributed by atoms with Gasteiger partial charge in [0.15, 0.2) is 0 Å². The van der Waals surface area contributed by atoms with Crippen LogP contribution in [0, 0.1) is 5.41 Å². The first-order chi connectivity index (χ1) is 9.32. The SMILES string of the molecule is CC1(CNC(=O)NC(CC(N)=O)C(=O)O)CCOCC1. The van der Waals surface area contributed by atoms with Crippen LogP contribution in [0.2, 0.25) is 0 Å². The Morgan fingerprint density at radius 3 is 2.45 bits per heavy atom. The van der Waals surface area contributed by atoms with Crippen LogP contribution in [0.25, 0.3) is 0 Å². The Morgan fingerprint density at radius 1 is 1.35 bits per heavy atom. The molecule has 20 heavy (non-hydrogen) atoms. The third-order valence-corrected chi connectivity index (χ3v) is 3.38. The van der Waals surface area contributed by atoms with Gasteiger partial charge in [-0.3, -0.25) is 4.79 Å². The number of ether oxygens (including phenoxy) is 1. The standard InChI is InChI=1S/C12H21N3O5/c1-12(2-4-20-5-3-12)7-14-11(19)15-8(10(17)18)6-9(13)16/h8H,2-7H2,1H3,(H2,13,16)(H,17,18)(H2,14,15,19). The number of nitrogens with two attached hydrogens (primary N) is 1. The topological polar surface area (TPSA) is 131 Å². The summed E-state index contributed by atoms with van der Waals surface area (Å²) in [7, 11) is 0. The van der Waals surface area contributed by atoms with E-state index >= 15 is 0 Å². The summed E-state index contributed by atoms with van der Waals surface area (Å²) in [4.78, 5) is 33.3. The van der Waals surface area contributed by atoms with Crippen molar-refractivity contribution in [3.63, 3.8) is 0 Å². The maximum Gasteiger partial charge on any atom is 0.326 e. The number of amides is 3. The molecule has 0 spiro atoms. The quantitative estimate of drug-likeness (QED) is 0.519. The Kier molecular flexibility index (Phi) is 5.75. The summed E-state index contributed by atoms with van der Waals surface area (Å²) in [5.41, 5.74) is 4.87. The second-order valence-electron chi connectivity index (χ2n) is 5.31. The van der Waals surface area contributed by atoms with E-state index in [4.69, 9.17) is 15.6 Å². The number of carboxylic acids is 1. The van der Waals surface area contributed by atoms with E-state index in [2.05, 4.69) is 10.6 Å². The first kappa shape index (κ1) is 16.2. The summed E-state index contributed by atoms with van der Waals surface area (Å²) in [6.07, 6.45) is 1.22. The van der Waals surface area contributed by atoms with Gasteiger partial charge >= 0.3 is 12.0 Å². The highest BCUT2D eigenvalue weighted by molar-refractivity contribution is 5.87.